The van der Waals surface area contributed by atoms with Crippen LogP contribution in [0.4, 0.5) is 13.2 Å². The van der Waals surface area contributed by atoms with E-state index in [0.29, 0.717) is 19.6 Å². The minimum absolute atomic E-state index is 0.107. The average molecular weight is 319 g/mol. The van der Waals surface area contributed by atoms with Crippen LogP contribution in [0.15, 0.2) is 24.3 Å². The number of aliphatic hydroxyl groups is 1. The summed E-state index contributed by atoms with van der Waals surface area (Å²) in [7, 11) is 0. The zero-order valence-electron chi connectivity index (χ0n) is 12.5. The lowest BCUT2D eigenvalue weighted by Gasteiger charge is -2.23. The molecular formula is C15H20F3NO3. The SMILES string of the molecule is CCOCCCNC(=O)[C@@](C)(O)c1cccc(C(F)(F)F)c1. The van der Waals surface area contributed by atoms with Gasteiger partial charge in [0, 0.05) is 19.8 Å². The Morgan fingerprint density at radius 3 is 2.55 bits per heavy atom. The number of amides is 1. The Hall–Kier alpha value is -1.60. The van der Waals surface area contributed by atoms with E-state index in [-0.39, 0.29) is 12.1 Å². The second kappa shape index (κ2) is 7.60. The number of benzene rings is 1. The monoisotopic (exact) mass is 319 g/mol. The van der Waals surface area contributed by atoms with Crippen LogP contribution in [0.3, 0.4) is 0 Å². The van der Waals surface area contributed by atoms with Crippen LogP contribution >= 0.6 is 0 Å². The molecule has 0 aliphatic heterocycles. The van der Waals surface area contributed by atoms with E-state index in [1.165, 1.54) is 13.0 Å². The van der Waals surface area contributed by atoms with Gasteiger partial charge in [-0.3, -0.25) is 4.79 Å². The van der Waals surface area contributed by atoms with Gasteiger partial charge in [-0.15, -0.1) is 0 Å². The summed E-state index contributed by atoms with van der Waals surface area (Å²) < 4.78 is 43.1. The average Bonchev–Trinajstić information content (AvgIpc) is 2.46. The summed E-state index contributed by atoms with van der Waals surface area (Å²) >= 11 is 0. The van der Waals surface area contributed by atoms with Crippen LogP contribution in [0, 0.1) is 0 Å². The Balaban J connectivity index is 2.74. The third kappa shape index (κ3) is 4.99. The standard InChI is InChI=1S/C15H20F3NO3/c1-3-22-9-5-8-19-13(20)14(2,21)11-6-4-7-12(10-11)15(16,17)18/h4,6-7,10,21H,3,5,8-9H2,1-2H3,(H,19,20)/t14-/m0/s1. The number of nitrogens with one attached hydrogen (secondary N) is 1. The predicted octanol–water partition coefficient (Wildman–Crippen LogP) is 2.46. The third-order valence-electron chi connectivity index (χ3n) is 3.15. The molecule has 0 saturated heterocycles. The summed E-state index contributed by atoms with van der Waals surface area (Å²) in [5.41, 5.74) is -3.05. The van der Waals surface area contributed by atoms with E-state index in [9.17, 15) is 23.1 Å². The smallest absolute Gasteiger partial charge is 0.382 e. The van der Waals surface area contributed by atoms with E-state index in [1.54, 1.807) is 0 Å². The minimum Gasteiger partial charge on any atom is -0.382 e. The number of carbonyl (C=O) groups is 1. The van der Waals surface area contributed by atoms with E-state index in [2.05, 4.69) is 5.32 Å². The number of halogens is 3. The number of hydrogen-bond donors (Lipinski definition) is 2. The lowest BCUT2D eigenvalue weighted by atomic mass is 9.93. The lowest BCUT2D eigenvalue weighted by molar-refractivity contribution is -0.141. The molecule has 0 aliphatic rings. The molecule has 1 aromatic carbocycles. The second-order valence-electron chi connectivity index (χ2n) is 4.96. The molecule has 1 amide bonds. The molecule has 1 rings (SSSR count). The molecule has 1 aromatic rings. The molecule has 22 heavy (non-hydrogen) atoms. The fourth-order valence-electron chi connectivity index (χ4n) is 1.82. The van der Waals surface area contributed by atoms with Crippen LogP contribution < -0.4 is 5.32 Å². The van der Waals surface area contributed by atoms with Gasteiger partial charge in [0.05, 0.1) is 5.56 Å². The Morgan fingerprint density at radius 2 is 1.95 bits per heavy atom. The zero-order chi connectivity index (χ0) is 16.8. The van der Waals surface area contributed by atoms with Crippen molar-refractivity contribution in [2.24, 2.45) is 0 Å². The lowest BCUT2D eigenvalue weighted by Crippen LogP contribution is -2.42. The predicted molar refractivity (Wildman–Crippen MR) is 75.1 cm³/mol. The summed E-state index contributed by atoms with van der Waals surface area (Å²) in [5.74, 6) is -0.747. The summed E-state index contributed by atoms with van der Waals surface area (Å²) in [6.45, 7) is 4.31. The molecule has 7 heteroatoms. The number of rotatable bonds is 7. The van der Waals surface area contributed by atoms with Crippen molar-refractivity contribution < 1.29 is 27.8 Å². The highest BCUT2D eigenvalue weighted by Crippen LogP contribution is 2.32. The molecule has 0 saturated carbocycles. The van der Waals surface area contributed by atoms with E-state index >= 15 is 0 Å². The van der Waals surface area contributed by atoms with Gasteiger partial charge in [-0.2, -0.15) is 13.2 Å². The van der Waals surface area contributed by atoms with Gasteiger partial charge in [0.2, 0.25) is 0 Å². The largest absolute Gasteiger partial charge is 0.416 e. The van der Waals surface area contributed by atoms with Gasteiger partial charge in [0.15, 0.2) is 5.60 Å². The molecule has 0 spiro atoms. The maximum atomic E-state index is 12.7. The van der Waals surface area contributed by atoms with Crippen molar-refractivity contribution in [2.45, 2.75) is 32.0 Å². The maximum absolute atomic E-state index is 12.7. The number of alkyl halides is 3. The minimum atomic E-state index is -4.53. The first-order valence-electron chi connectivity index (χ1n) is 6.95. The molecule has 0 heterocycles. The molecule has 1 atom stereocenters. The van der Waals surface area contributed by atoms with Crippen LogP contribution in [0.2, 0.25) is 0 Å². The molecule has 4 nitrogen and oxygen atoms in total. The van der Waals surface area contributed by atoms with Crippen LogP contribution in [-0.2, 0) is 21.3 Å². The van der Waals surface area contributed by atoms with Gasteiger partial charge in [-0.05, 0) is 38.0 Å². The molecule has 2 N–H and O–H groups in total. The van der Waals surface area contributed by atoms with Crippen molar-refractivity contribution in [1.29, 1.82) is 0 Å². The molecule has 0 aromatic heterocycles. The van der Waals surface area contributed by atoms with Gasteiger partial charge < -0.3 is 15.2 Å². The molecule has 0 unspecified atom stereocenters. The summed E-state index contributed by atoms with van der Waals surface area (Å²) in [4.78, 5) is 12.0. The van der Waals surface area contributed by atoms with Crippen LogP contribution in [0.1, 0.15) is 31.4 Å². The fraction of sp³-hybridized carbons (Fsp3) is 0.533. The van der Waals surface area contributed by atoms with Crippen molar-refractivity contribution in [3.8, 4) is 0 Å². The molecule has 0 radical (unpaired) electrons. The van der Waals surface area contributed by atoms with Crippen molar-refractivity contribution in [3.63, 3.8) is 0 Å². The zero-order valence-corrected chi connectivity index (χ0v) is 12.5. The Labute approximate surface area is 127 Å². The van der Waals surface area contributed by atoms with Crippen LogP contribution in [0.5, 0.6) is 0 Å². The first-order chi connectivity index (χ1) is 10.2. The molecule has 0 aliphatic carbocycles. The van der Waals surface area contributed by atoms with Crippen molar-refractivity contribution >= 4 is 5.91 Å². The van der Waals surface area contributed by atoms with Crippen molar-refractivity contribution in [1.82, 2.24) is 5.32 Å². The summed E-state index contributed by atoms with van der Waals surface area (Å²) in [6.07, 6.45) is -3.97. The van der Waals surface area contributed by atoms with Crippen molar-refractivity contribution in [2.75, 3.05) is 19.8 Å². The van der Waals surface area contributed by atoms with Gasteiger partial charge in [-0.25, -0.2) is 0 Å². The van der Waals surface area contributed by atoms with Crippen molar-refractivity contribution in [3.05, 3.63) is 35.4 Å². The number of carbonyl (C=O) groups excluding carboxylic acids is 1. The highest BCUT2D eigenvalue weighted by Gasteiger charge is 2.36. The van der Waals surface area contributed by atoms with Gasteiger partial charge >= 0.3 is 6.18 Å². The molecule has 0 fully saturated rings. The maximum Gasteiger partial charge on any atom is 0.416 e. The van der Waals surface area contributed by atoms with Gasteiger partial charge in [-0.1, -0.05) is 12.1 Å². The van der Waals surface area contributed by atoms with Gasteiger partial charge in [0.25, 0.3) is 5.91 Å². The summed E-state index contributed by atoms with van der Waals surface area (Å²) in [6, 6.07) is 4.11. The quantitative estimate of drug-likeness (QED) is 0.759. The van der Waals surface area contributed by atoms with E-state index in [4.69, 9.17) is 4.74 Å². The highest BCUT2D eigenvalue weighted by atomic mass is 19.4. The molecule has 0 bridgehead atoms. The fourth-order valence-corrected chi connectivity index (χ4v) is 1.82. The number of ether oxygens (including phenoxy) is 1. The first-order valence-corrected chi connectivity index (χ1v) is 6.95. The normalized spacial score (nSPS) is 14.5. The van der Waals surface area contributed by atoms with Gasteiger partial charge in [0.1, 0.15) is 0 Å². The first kappa shape index (κ1) is 18.4. The van der Waals surface area contributed by atoms with Crippen LogP contribution in [-0.4, -0.2) is 30.8 Å². The molecular weight excluding hydrogens is 299 g/mol. The van der Waals surface area contributed by atoms with E-state index in [1.807, 2.05) is 6.92 Å². The topological polar surface area (TPSA) is 58.6 Å². The molecule has 124 valence electrons. The van der Waals surface area contributed by atoms with E-state index < -0.39 is 23.2 Å². The number of hydrogen-bond acceptors (Lipinski definition) is 3. The Kier molecular flexibility index (Phi) is 6.37. The Bertz CT molecular complexity index is 501. The summed E-state index contributed by atoms with van der Waals surface area (Å²) in [5, 5.41) is 12.7. The van der Waals surface area contributed by atoms with Crippen LogP contribution in [0.25, 0.3) is 0 Å². The Morgan fingerprint density at radius 1 is 1.32 bits per heavy atom. The highest BCUT2D eigenvalue weighted by molar-refractivity contribution is 5.85. The van der Waals surface area contributed by atoms with E-state index in [0.717, 1.165) is 18.2 Å². The third-order valence-corrected chi connectivity index (χ3v) is 3.15. The second-order valence-corrected chi connectivity index (χ2v) is 4.96.